The Labute approximate surface area is 99.6 Å². The molecule has 0 aromatic rings. The monoisotopic (exact) mass is 226 g/mol. The van der Waals surface area contributed by atoms with Crippen LogP contribution >= 0.6 is 0 Å². The van der Waals surface area contributed by atoms with Crippen LogP contribution in [0.1, 0.15) is 46.0 Å². The van der Waals surface area contributed by atoms with Gasteiger partial charge in [0.1, 0.15) is 0 Å². The number of carbonyl (C=O) groups is 1. The van der Waals surface area contributed by atoms with Crippen molar-refractivity contribution < 1.29 is 4.79 Å². The first kappa shape index (κ1) is 13.5. The van der Waals surface area contributed by atoms with Crippen LogP contribution in [0.25, 0.3) is 0 Å². The van der Waals surface area contributed by atoms with Gasteiger partial charge >= 0.3 is 0 Å². The van der Waals surface area contributed by atoms with E-state index in [9.17, 15) is 4.79 Å². The number of nitrogens with one attached hydrogen (secondary N) is 1. The zero-order chi connectivity index (χ0) is 11.8. The first-order valence-corrected chi connectivity index (χ1v) is 6.79. The van der Waals surface area contributed by atoms with Gasteiger partial charge < -0.3 is 10.2 Å². The molecule has 1 amide bonds. The molecule has 0 saturated carbocycles. The molecular formula is C13H26N2O. The van der Waals surface area contributed by atoms with Gasteiger partial charge in [-0.1, -0.05) is 26.7 Å². The van der Waals surface area contributed by atoms with Crippen molar-refractivity contribution in [2.75, 3.05) is 26.2 Å². The molecule has 0 aliphatic carbocycles. The Morgan fingerprint density at radius 2 is 2.12 bits per heavy atom. The van der Waals surface area contributed by atoms with Crippen LogP contribution in [0.4, 0.5) is 0 Å². The van der Waals surface area contributed by atoms with Gasteiger partial charge in [0.05, 0.1) is 0 Å². The predicted molar refractivity (Wildman–Crippen MR) is 67.4 cm³/mol. The summed E-state index contributed by atoms with van der Waals surface area (Å²) < 4.78 is 0. The third-order valence-corrected chi connectivity index (χ3v) is 3.40. The van der Waals surface area contributed by atoms with Crippen LogP contribution in [0, 0.1) is 5.92 Å². The fourth-order valence-electron chi connectivity index (χ4n) is 2.28. The fraction of sp³-hybridized carbons (Fsp3) is 0.923. The fourth-order valence-corrected chi connectivity index (χ4v) is 2.28. The molecule has 94 valence electrons. The van der Waals surface area contributed by atoms with Crippen molar-refractivity contribution in [2.24, 2.45) is 5.92 Å². The van der Waals surface area contributed by atoms with E-state index in [0.717, 1.165) is 45.4 Å². The highest BCUT2D eigenvalue weighted by molar-refractivity contribution is 5.78. The molecule has 1 N–H and O–H groups in total. The molecule has 1 aliphatic heterocycles. The van der Waals surface area contributed by atoms with E-state index in [4.69, 9.17) is 0 Å². The third-order valence-electron chi connectivity index (χ3n) is 3.40. The van der Waals surface area contributed by atoms with Gasteiger partial charge in [-0.2, -0.15) is 0 Å². The summed E-state index contributed by atoms with van der Waals surface area (Å²) in [5.74, 6) is 0.651. The molecule has 1 saturated heterocycles. The number of hydrogen-bond donors (Lipinski definition) is 1. The second-order valence-electron chi connectivity index (χ2n) is 4.68. The van der Waals surface area contributed by atoms with Crippen LogP contribution < -0.4 is 5.32 Å². The molecule has 16 heavy (non-hydrogen) atoms. The third kappa shape index (κ3) is 4.12. The molecule has 0 aromatic carbocycles. The summed E-state index contributed by atoms with van der Waals surface area (Å²) in [6, 6.07) is 0. The van der Waals surface area contributed by atoms with Crippen molar-refractivity contribution >= 4 is 5.91 Å². The maximum atomic E-state index is 12.3. The first-order chi connectivity index (χ1) is 7.79. The predicted octanol–water partition coefficient (Wildman–Crippen LogP) is 2.02. The minimum Gasteiger partial charge on any atom is -0.341 e. The molecule has 0 unspecified atom stereocenters. The van der Waals surface area contributed by atoms with Crippen molar-refractivity contribution in [3.05, 3.63) is 0 Å². The molecule has 1 atom stereocenters. The zero-order valence-corrected chi connectivity index (χ0v) is 10.8. The zero-order valence-electron chi connectivity index (χ0n) is 10.8. The van der Waals surface area contributed by atoms with E-state index in [1.54, 1.807) is 0 Å². The van der Waals surface area contributed by atoms with Crippen molar-refractivity contribution in [3.63, 3.8) is 0 Å². The highest BCUT2D eigenvalue weighted by atomic mass is 16.2. The average Bonchev–Trinajstić information content (AvgIpc) is 2.58. The Bertz CT molecular complexity index is 198. The van der Waals surface area contributed by atoms with Crippen LogP contribution in [0.5, 0.6) is 0 Å². The molecule has 0 radical (unpaired) electrons. The van der Waals surface area contributed by atoms with Crippen LogP contribution in [0.2, 0.25) is 0 Å². The summed E-state index contributed by atoms with van der Waals surface area (Å²) in [5.41, 5.74) is 0. The van der Waals surface area contributed by atoms with Crippen LogP contribution in [-0.4, -0.2) is 37.0 Å². The maximum Gasteiger partial charge on any atom is 0.225 e. The highest BCUT2D eigenvalue weighted by Gasteiger charge is 2.22. The summed E-state index contributed by atoms with van der Waals surface area (Å²) >= 11 is 0. The number of nitrogens with zero attached hydrogens (tertiary/aromatic N) is 1. The second kappa shape index (κ2) is 7.66. The van der Waals surface area contributed by atoms with Crippen LogP contribution in [0.15, 0.2) is 0 Å². The SMILES string of the molecule is CCCC[C@H](CC)C(=O)N1CCCNCC1. The smallest absolute Gasteiger partial charge is 0.225 e. The first-order valence-electron chi connectivity index (χ1n) is 6.79. The summed E-state index contributed by atoms with van der Waals surface area (Å²) in [4.78, 5) is 14.3. The van der Waals surface area contributed by atoms with Crippen molar-refractivity contribution in [1.82, 2.24) is 10.2 Å². The summed E-state index contributed by atoms with van der Waals surface area (Å²) in [6.07, 6.45) is 5.51. The molecule has 0 spiro atoms. The minimum atomic E-state index is 0.262. The van der Waals surface area contributed by atoms with E-state index >= 15 is 0 Å². The number of carbonyl (C=O) groups excluding carboxylic acids is 1. The molecule has 0 aromatic heterocycles. The standard InChI is InChI=1S/C13H26N2O/c1-3-5-7-12(4-2)13(16)15-10-6-8-14-9-11-15/h12,14H,3-11H2,1-2H3/t12-/m0/s1. The van der Waals surface area contributed by atoms with E-state index in [0.29, 0.717) is 5.91 Å². The molecule has 1 aliphatic rings. The number of amides is 1. The van der Waals surface area contributed by atoms with Gasteiger partial charge in [-0.25, -0.2) is 0 Å². The lowest BCUT2D eigenvalue weighted by Gasteiger charge is -2.25. The van der Waals surface area contributed by atoms with Gasteiger partial charge in [-0.3, -0.25) is 4.79 Å². The summed E-state index contributed by atoms with van der Waals surface area (Å²) in [6.45, 7) is 8.16. The molecular weight excluding hydrogens is 200 g/mol. The maximum absolute atomic E-state index is 12.3. The lowest BCUT2D eigenvalue weighted by molar-refractivity contribution is -0.135. The number of unbranched alkanes of at least 4 members (excludes halogenated alkanes) is 1. The van der Waals surface area contributed by atoms with Crippen LogP contribution in [0.3, 0.4) is 0 Å². The highest BCUT2D eigenvalue weighted by Crippen LogP contribution is 2.16. The molecule has 0 bridgehead atoms. The topological polar surface area (TPSA) is 32.3 Å². The second-order valence-corrected chi connectivity index (χ2v) is 4.68. The Balaban J connectivity index is 2.44. The largest absolute Gasteiger partial charge is 0.341 e. The lowest BCUT2D eigenvalue weighted by Crippen LogP contribution is -2.38. The Morgan fingerprint density at radius 1 is 1.31 bits per heavy atom. The minimum absolute atomic E-state index is 0.262. The molecule has 1 rings (SSSR count). The molecule has 3 heteroatoms. The van der Waals surface area contributed by atoms with Crippen molar-refractivity contribution in [2.45, 2.75) is 46.0 Å². The van der Waals surface area contributed by atoms with Crippen LogP contribution in [-0.2, 0) is 4.79 Å². The number of rotatable bonds is 5. The van der Waals surface area contributed by atoms with E-state index in [-0.39, 0.29) is 5.92 Å². The Hall–Kier alpha value is -0.570. The van der Waals surface area contributed by atoms with Gasteiger partial charge in [0, 0.05) is 25.6 Å². The van der Waals surface area contributed by atoms with Gasteiger partial charge in [0.15, 0.2) is 0 Å². The lowest BCUT2D eigenvalue weighted by atomic mass is 9.97. The summed E-state index contributed by atoms with van der Waals surface area (Å²) in [5, 5.41) is 3.34. The van der Waals surface area contributed by atoms with Gasteiger partial charge in [-0.15, -0.1) is 0 Å². The van der Waals surface area contributed by atoms with Crippen molar-refractivity contribution in [1.29, 1.82) is 0 Å². The van der Waals surface area contributed by atoms with Gasteiger partial charge in [-0.05, 0) is 25.8 Å². The molecule has 1 heterocycles. The van der Waals surface area contributed by atoms with Crippen molar-refractivity contribution in [3.8, 4) is 0 Å². The Kier molecular flexibility index (Phi) is 6.46. The van der Waals surface area contributed by atoms with Gasteiger partial charge in [0.2, 0.25) is 5.91 Å². The number of hydrogen-bond acceptors (Lipinski definition) is 2. The van der Waals surface area contributed by atoms with E-state index in [2.05, 4.69) is 24.1 Å². The quantitative estimate of drug-likeness (QED) is 0.778. The average molecular weight is 226 g/mol. The molecule has 1 fully saturated rings. The van der Waals surface area contributed by atoms with E-state index < -0.39 is 0 Å². The Morgan fingerprint density at radius 3 is 2.81 bits per heavy atom. The summed E-state index contributed by atoms with van der Waals surface area (Å²) in [7, 11) is 0. The van der Waals surface area contributed by atoms with Gasteiger partial charge in [0.25, 0.3) is 0 Å². The van der Waals surface area contributed by atoms with E-state index in [1.807, 2.05) is 0 Å². The molecule has 3 nitrogen and oxygen atoms in total. The normalized spacial score (nSPS) is 19.2. The van der Waals surface area contributed by atoms with E-state index in [1.165, 1.54) is 12.8 Å².